The molecule has 6 aromatic rings. The minimum atomic E-state index is -0.443. The van der Waals surface area contributed by atoms with Crippen molar-refractivity contribution in [1.82, 2.24) is 55.0 Å². The van der Waals surface area contributed by atoms with Crippen LogP contribution < -0.4 is 0 Å². The SMILES string of the molecule is CN(C)CC(=O)OCC(=O)N1CCC(c2[nH]nc(-c3ccc(Cl)cc3)c2-c2ccncn2)CC1.Cl.O=C(CO)N1CCC(c2[nH]nc(-c3ccc(Cl)cc3)c2-c2ccncn2)CC1. The second-order valence-electron chi connectivity index (χ2n) is 15.3. The van der Waals surface area contributed by atoms with E-state index in [9.17, 15) is 14.4 Å². The van der Waals surface area contributed by atoms with E-state index in [0.717, 1.165) is 82.1 Å². The van der Waals surface area contributed by atoms with Crippen LogP contribution in [0.4, 0.5) is 0 Å². The van der Waals surface area contributed by atoms with E-state index in [1.165, 1.54) is 12.7 Å². The van der Waals surface area contributed by atoms with Gasteiger partial charge in [-0.05, 0) is 76.2 Å². The third-order valence-corrected chi connectivity index (χ3v) is 11.5. The highest BCUT2D eigenvalue weighted by atomic mass is 35.5. The summed E-state index contributed by atoms with van der Waals surface area (Å²) in [5.41, 5.74) is 9.00. The summed E-state index contributed by atoms with van der Waals surface area (Å²) in [5.74, 6) is -0.399. The molecule has 19 heteroatoms. The summed E-state index contributed by atoms with van der Waals surface area (Å²) in [6.07, 6.45) is 9.60. The maximum Gasteiger partial charge on any atom is 0.320 e. The topological polar surface area (TPSA) is 199 Å². The van der Waals surface area contributed by atoms with E-state index in [0.29, 0.717) is 36.2 Å². The van der Waals surface area contributed by atoms with Gasteiger partial charge in [0.25, 0.3) is 5.91 Å². The van der Waals surface area contributed by atoms with E-state index in [1.54, 1.807) is 41.2 Å². The van der Waals surface area contributed by atoms with Gasteiger partial charge in [0.15, 0.2) is 6.61 Å². The van der Waals surface area contributed by atoms with Gasteiger partial charge in [0.1, 0.15) is 30.6 Å². The number of carbonyl (C=O) groups excluding carboxylic acids is 3. The van der Waals surface area contributed by atoms with Gasteiger partial charge >= 0.3 is 5.97 Å². The average Bonchev–Trinajstić information content (AvgIpc) is 3.95. The van der Waals surface area contributed by atoms with Crippen molar-refractivity contribution in [3.05, 3.63) is 107 Å². The molecule has 0 aliphatic carbocycles. The van der Waals surface area contributed by atoms with Crippen molar-refractivity contribution < 1.29 is 24.2 Å². The number of likely N-dealkylation sites (tertiary alicyclic amines) is 2. The zero-order valence-corrected chi connectivity index (χ0v) is 37.1. The lowest BCUT2D eigenvalue weighted by atomic mass is 9.89. The number of rotatable bonds is 11. The number of H-pyrrole nitrogens is 2. The van der Waals surface area contributed by atoms with E-state index in [2.05, 4.69) is 40.3 Å². The maximum absolute atomic E-state index is 12.5. The number of aromatic nitrogens is 8. The molecule has 2 aliphatic heterocycles. The zero-order valence-electron chi connectivity index (χ0n) is 34.8. The minimum Gasteiger partial charge on any atom is -0.455 e. The molecule has 2 amide bonds. The number of benzene rings is 2. The van der Waals surface area contributed by atoms with Crippen LogP contribution in [-0.4, -0.2) is 138 Å². The Morgan fingerprint density at radius 1 is 0.698 bits per heavy atom. The quantitative estimate of drug-likeness (QED) is 0.123. The molecule has 0 bridgehead atoms. The number of nitrogens with one attached hydrogen (secondary N) is 2. The lowest BCUT2D eigenvalue weighted by Crippen LogP contribution is -2.40. The van der Waals surface area contributed by atoms with Crippen molar-refractivity contribution in [2.75, 3.05) is 60.0 Å². The molecule has 8 rings (SSSR count). The molecule has 0 spiro atoms. The number of hydrogen-bond acceptors (Lipinski definition) is 12. The van der Waals surface area contributed by atoms with Gasteiger partial charge in [-0.25, -0.2) is 19.9 Å². The van der Waals surface area contributed by atoms with Crippen LogP contribution in [0.25, 0.3) is 45.0 Å². The van der Waals surface area contributed by atoms with Crippen molar-refractivity contribution in [3.63, 3.8) is 0 Å². The fourth-order valence-electron chi connectivity index (χ4n) is 7.80. The molecule has 0 atom stereocenters. The van der Waals surface area contributed by atoms with Gasteiger partial charge in [-0.15, -0.1) is 12.4 Å². The molecule has 2 aliphatic rings. The molecule has 4 aromatic heterocycles. The molecule has 330 valence electrons. The number of aromatic amines is 2. The van der Waals surface area contributed by atoms with Gasteiger partial charge in [-0.3, -0.25) is 29.5 Å². The third-order valence-electron chi connectivity index (χ3n) is 10.9. The number of piperidine rings is 2. The smallest absolute Gasteiger partial charge is 0.320 e. The molecule has 2 saturated heterocycles. The molecule has 3 N–H and O–H groups in total. The van der Waals surface area contributed by atoms with Crippen molar-refractivity contribution in [2.45, 2.75) is 37.5 Å². The maximum atomic E-state index is 12.5. The number of esters is 1. The fraction of sp³-hybridized carbons (Fsp3) is 0.341. The average molecular weight is 917 g/mol. The molecule has 2 fully saturated rings. The Labute approximate surface area is 380 Å². The number of aliphatic hydroxyl groups excluding tert-OH is 1. The van der Waals surface area contributed by atoms with Gasteiger partial charge in [0.2, 0.25) is 5.91 Å². The standard InChI is InChI=1S/C24H27ClN6O3.C20H20ClN5O2.ClH/c1-30(2)13-21(33)34-14-20(32)31-11-8-17(9-12-31)24-22(19-7-10-26-15-27-19)23(28-29-24)16-3-5-18(25)6-4-16;21-15-3-1-13(2-4-15)19-18(16-5-8-22-12-23-16)20(25-24-19)14-6-9-26(10-7-14)17(28)11-27;/h3-7,10,15,17H,8-9,11-14H2,1-2H3,(H,28,29);1-5,8,12,14,27H,6-7,9-11H2,(H,24,25);1H. The van der Waals surface area contributed by atoms with Crippen molar-refractivity contribution >= 4 is 53.4 Å². The molecule has 2 aromatic carbocycles. The van der Waals surface area contributed by atoms with Crippen molar-refractivity contribution in [1.29, 1.82) is 0 Å². The largest absolute Gasteiger partial charge is 0.455 e. The Balaban J connectivity index is 0.000000210. The Hall–Kier alpha value is -5.78. The number of ether oxygens (including phenoxy) is 1. The Morgan fingerprint density at radius 3 is 1.51 bits per heavy atom. The van der Waals surface area contributed by atoms with Gasteiger partial charge in [-0.2, -0.15) is 10.2 Å². The number of likely N-dealkylation sites (N-methyl/N-ethyl adjacent to an activating group) is 1. The number of aliphatic hydroxyl groups is 1. The molecular formula is C44H48Cl3N11O5. The van der Waals surface area contributed by atoms with E-state index >= 15 is 0 Å². The van der Waals surface area contributed by atoms with Crippen LogP contribution in [0.5, 0.6) is 0 Å². The predicted octanol–water partition coefficient (Wildman–Crippen LogP) is 6.31. The predicted molar refractivity (Wildman–Crippen MR) is 241 cm³/mol. The number of halogens is 3. The second kappa shape index (κ2) is 22.0. The summed E-state index contributed by atoms with van der Waals surface area (Å²) in [6, 6.07) is 18.9. The zero-order chi connectivity index (χ0) is 43.6. The van der Waals surface area contributed by atoms with Crippen LogP contribution in [0.3, 0.4) is 0 Å². The van der Waals surface area contributed by atoms with Crippen molar-refractivity contribution in [2.24, 2.45) is 0 Å². The molecule has 0 radical (unpaired) electrons. The number of hydrogen-bond donors (Lipinski definition) is 3. The Bertz CT molecular complexity index is 2420. The third kappa shape index (κ3) is 11.6. The summed E-state index contributed by atoms with van der Waals surface area (Å²) >= 11 is 12.1. The molecule has 0 saturated carbocycles. The highest BCUT2D eigenvalue weighted by Gasteiger charge is 2.31. The first kappa shape index (κ1) is 46.7. The fourth-order valence-corrected chi connectivity index (χ4v) is 8.06. The van der Waals surface area contributed by atoms with Crippen LogP contribution >= 0.6 is 35.6 Å². The summed E-state index contributed by atoms with van der Waals surface area (Å²) < 4.78 is 5.11. The minimum absolute atomic E-state index is 0. The van der Waals surface area contributed by atoms with Crippen LogP contribution in [-0.2, 0) is 19.1 Å². The van der Waals surface area contributed by atoms with Gasteiger partial charge in [0.05, 0.1) is 17.9 Å². The number of amides is 2. The van der Waals surface area contributed by atoms with Gasteiger partial charge < -0.3 is 19.6 Å². The van der Waals surface area contributed by atoms with Crippen LogP contribution in [0.1, 0.15) is 48.9 Å². The number of carbonyl (C=O) groups is 3. The monoisotopic (exact) mass is 915 g/mol. The molecule has 63 heavy (non-hydrogen) atoms. The van der Waals surface area contributed by atoms with Gasteiger partial charge in [-0.1, -0.05) is 47.5 Å². The number of nitrogens with zero attached hydrogens (tertiary/aromatic N) is 9. The van der Waals surface area contributed by atoms with E-state index in [-0.39, 0.29) is 49.2 Å². The van der Waals surface area contributed by atoms with Crippen molar-refractivity contribution in [3.8, 4) is 45.0 Å². The summed E-state index contributed by atoms with van der Waals surface area (Å²) in [5, 5.41) is 26.1. The van der Waals surface area contributed by atoms with Gasteiger partial charge in [0, 0.05) is 94.1 Å². The molecule has 0 unspecified atom stereocenters. The van der Waals surface area contributed by atoms with Crippen LogP contribution in [0.2, 0.25) is 10.0 Å². The summed E-state index contributed by atoms with van der Waals surface area (Å²) in [6.45, 7) is 1.86. The Kier molecular flexibility index (Phi) is 16.3. The molecular weight excluding hydrogens is 869 g/mol. The summed E-state index contributed by atoms with van der Waals surface area (Å²) in [7, 11) is 3.55. The second-order valence-corrected chi connectivity index (χ2v) is 16.2. The molecule has 16 nitrogen and oxygen atoms in total. The first-order chi connectivity index (χ1) is 30.1. The Morgan fingerprint density at radius 2 is 1.13 bits per heavy atom. The normalized spacial score (nSPS) is 14.4. The molecule has 6 heterocycles. The summed E-state index contributed by atoms with van der Waals surface area (Å²) in [4.78, 5) is 58.1. The first-order valence-electron chi connectivity index (χ1n) is 20.3. The van der Waals surface area contributed by atoms with Crippen LogP contribution in [0, 0.1) is 0 Å². The van der Waals surface area contributed by atoms with E-state index in [4.69, 9.17) is 33.0 Å². The first-order valence-corrected chi connectivity index (χ1v) is 21.0. The highest BCUT2D eigenvalue weighted by Crippen LogP contribution is 2.41. The lowest BCUT2D eigenvalue weighted by molar-refractivity contribution is -0.152. The lowest BCUT2D eigenvalue weighted by Gasteiger charge is -2.31. The van der Waals surface area contributed by atoms with E-state index in [1.807, 2.05) is 60.7 Å². The van der Waals surface area contributed by atoms with E-state index < -0.39 is 12.6 Å². The van der Waals surface area contributed by atoms with Crippen LogP contribution in [0.15, 0.2) is 85.7 Å². The highest BCUT2D eigenvalue weighted by molar-refractivity contribution is 6.31.